The van der Waals surface area contributed by atoms with Gasteiger partial charge in [-0.3, -0.25) is 0 Å². The molecule has 11 aromatic rings. The Balaban J connectivity index is 0.996. The molecular weight excluding hydrogens is 703 g/mol. The van der Waals surface area contributed by atoms with Crippen molar-refractivity contribution in [3.05, 3.63) is 188 Å². The molecule has 0 saturated heterocycles. The average Bonchev–Trinajstić information content (AvgIpc) is 3.82. The topological polar surface area (TPSA) is 56.5 Å². The van der Waals surface area contributed by atoms with Crippen molar-refractivity contribution in [2.45, 2.75) is 0 Å². The Bertz CT molecular complexity index is 3150. The van der Waals surface area contributed by atoms with Crippen LogP contribution >= 0.6 is 11.3 Å². The van der Waals surface area contributed by atoms with E-state index < -0.39 is 0 Å². The van der Waals surface area contributed by atoms with E-state index in [1.54, 1.807) is 0 Å². The first-order valence-corrected chi connectivity index (χ1v) is 19.5. The molecule has 0 radical (unpaired) electrons. The molecule has 7 aromatic carbocycles. The van der Waals surface area contributed by atoms with Gasteiger partial charge in [0.2, 0.25) is 0 Å². The second-order valence-corrected chi connectivity index (χ2v) is 14.8. The summed E-state index contributed by atoms with van der Waals surface area (Å²) < 4.78 is 3.60. The van der Waals surface area contributed by atoms with Crippen LogP contribution in [0.25, 0.3) is 104 Å². The molecule has 0 aliphatic rings. The fourth-order valence-corrected chi connectivity index (χ4v) is 9.17. The molecule has 6 heteroatoms. The Morgan fingerprint density at radius 1 is 0.357 bits per heavy atom. The van der Waals surface area contributed by atoms with Gasteiger partial charge in [0.15, 0.2) is 17.5 Å². The molecule has 0 spiro atoms. The second kappa shape index (κ2) is 13.2. The fraction of sp³-hybridized carbons (Fsp3) is 0. The Morgan fingerprint density at radius 2 is 0.821 bits per heavy atom. The van der Waals surface area contributed by atoms with Crippen LogP contribution in [0.1, 0.15) is 0 Å². The lowest BCUT2D eigenvalue weighted by atomic mass is 9.99. The van der Waals surface area contributed by atoms with E-state index in [0.29, 0.717) is 17.5 Å². The van der Waals surface area contributed by atoms with Gasteiger partial charge in [-0.15, -0.1) is 11.3 Å². The predicted molar refractivity (Wildman–Crippen MR) is 232 cm³/mol. The van der Waals surface area contributed by atoms with Crippen LogP contribution in [-0.4, -0.2) is 24.5 Å². The number of fused-ring (bicyclic) bond motifs is 7. The zero-order valence-electron chi connectivity index (χ0n) is 30.0. The van der Waals surface area contributed by atoms with Crippen LogP contribution in [0.5, 0.6) is 0 Å². The van der Waals surface area contributed by atoms with Crippen LogP contribution in [0.15, 0.2) is 188 Å². The smallest absolute Gasteiger partial charge is 0.164 e. The Hall–Kier alpha value is -7.28. The minimum absolute atomic E-state index is 0.641. The van der Waals surface area contributed by atoms with E-state index in [1.165, 1.54) is 36.6 Å². The standard InChI is InChI=1S/C50H31N5S/c1-4-14-35(15-5-1)47-52-48(36-16-6-2-7-17-36)54-49(53-47)37-30-26-33(27-31-37)32-24-28-34(29-25-32)45-46-43(39-20-10-12-22-41(39)51-45)44-40-21-11-13-23-42(40)55(50(44)56-46)38-18-8-3-9-19-38/h1-31H. The Morgan fingerprint density at radius 3 is 1.43 bits per heavy atom. The first-order chi connectivity index (χ1) is 27.8. The highest BCUT2D eigenvalue weighted by Crippen LogP contribution is 2.47. The van der Waals surface area contributed by atoms with Gasteiger partial charge in [0.1, 0.15) is 4.83 Å². The molecule has 0 bridgehead atoms. The maximum atomic E-state index is 5.32. The SMILES string of the molecule is c1ccc(-c2nc(-c3ccccc3)nc(-c3ccc(-c4ccc(-c5nc6ccccc6c6c5sc5c6c6ccccc6n5-c5ccccc5)cc4)cc3)n2)cc1. The van der Waals surface area contributed by atoms with Crippen LogP contribution in [0.4, 0.5) is 0 Å². The van der Waals surface area contributed by atoms with Crippen molar-refractivity contribution >= 4 is 53.4 Å². The first-order valence-electron chi connectivity index (χ1n) is 18.6. The molecule has 4 aromatic heterocycles. The van der Waals surface area contributed by atoms with E-state index in [4.69, 9.17) is 19.9 Å². The van der Waals surface area contributed by atoms with Crippen LogP contribution in [-0.2, 0) is 0 Å². The van der Waals surface area contributed by atoms with Gasteiger partial charge in [-0.25, -0.2) is 19.9 Å². The second-order valence-electron chi connectivity index (χ2n) is 13.8. The summed E-state index contributed by atoms with van der Waals surface area (Å²) in [5.41, 5.74) is 10.5. The van der Waals surface area contributed by atoms with Crippen molar-refractivity contribution in [3.63, 3.8) is 0 Å². The minimum atomic E-state index is 0.641. The van der Waals surface area contributed by atoms with Crippen LogP contribution in [0.3, 0.4) is 0 Å². The van der Waals surface area contributed by atoms with Gasteiger partial charge in [0.05, 0.1) is 21.4 Å². The molecule has 4 heterocycles. The number of pyridine rings is 1. The zero-order chi connectivity index (χ0) is 37.0. The summed E-state index contributed by atoms with van der Waals surface area (Å²) in [6, 6.07) is 65.4. The third kappa shape index (κ3) is 5.38. The van der Waals surface area contributed by atoms with E-state index in [1.807, 2.05) is 72.0 Å². The van der Waals surface area contributed by atoms with Gasteiger partial charge >= 0.3 is 0 Å². The number of thiophene rings is 1. The molecule has 11 rings (SSSR count). The van der Waals surface area contributed by atoms with Gasteiger partial charge in [0, 0.05) is 49.5 Å². The average molecular weight is 734 g/mol. The van der Waals surface area contributed by atoms with E-state index in [9.17, 15) is 0 Å². The largest absolute Gasteiger partial charge is 0.301 e. The van der Waals surface area contributed by atoms with Gasteiger partial charge in [-0.1, -0.05) is 164 Å². The number of hydrogen-bond donors (Lipinski definition) is 0. The van der Waals surface area contributed by atoms with E-state index in [-0.39, 0.29) is 0 Å². The molecule has 0 amide bonds. The summed E-state index contributed by atoms with van der Waals surface area (Å²) in [5.74, 6) is 1.94. The van der Waals surface area contributed by atoms with Crippen molar-refractivity contribution in [1.82, 2.24) is 24.5 Å². The maximum Gasteiger partial charge on any atom is 0.164 e. The molecule has 0 atom stereocenters. The lowest BCUT2D eigenvalue weighted by Crippen LogP contribution is -2.00. The van der Waals surface area contributed by atoms with Crippen molar-refractivity contribution in [3.8, 4) is 62.2 Å². The van der Waals surface area contributed by atoms with Gasteiger partial charge in [-0.05, 0) is 35.4 Å². The van der Waals surface area contributed by atoms with Crippen molar-refractivity contribution in [1.29, 1.82) is 0 Å². The Kier molecular flexibility index (Phi) is 7.60. The van der Waals surface area contributed by atoms with E-state index >= 15 is 0 Å². The van der Waals surface area contributed by atoms with Crippen LogP contribution in [0, 0.1) is 0 Å². The molecule has 262 valence electrons. The number of rotatable bonds is 6. The summed E-state index contributed by atoms with van der Waals surface area (Å²) in [6.07, 6.45) is 0. The molecule has 0 aliphatic heterocycles. The predicted octanol–water partition coefficient (Wildman–Crippen LogP) is 13.1. The van der Waals surface area contributed by atoms with E-state index in [0.717, 1.165) is 50.3 Å². The van der Waals surface area contributed by atoms with Gasteiger partial charge in [0.25, 0.3) is 0 Å². The molecular formula is C50H31N5S. The Labute approximate surface area is 326 Å². The maximum absolute atomic E-state index is 5.32. The van der Waals surface area contributed by atoms with Crippen molar-refractivity contribution in [2.24, 2.45) is 0 Å². The third-order valence-corrected chi connectivity index (χ3v) is 11.7. The highest BCUT2D eigenvalue weighted by atomic mass is 32.1. The molecule has 0 unspecified atom stereocenters. The summed E-state index contributed by atoms with van der Waals surface area (Å²) >= 11 is 1.83. The minimum Gasteiger partial charge on any atom is -0.301 e. The molecule has 5 nitrogen and oxygen atoms in total. The number of benzene rings is 7. The monoisotopic (exact) mass is 733 g/mol. The van der Waals surface area contributed by atoms with E-state index in [2.05, 4.69) is 132 Å². The lowest BCUT2D eigenvalue weighted by molar-refractivity contribution is 1.07. The summed E-state index contributed by atoms with van der Waals surface area (Å²) in [5, 5.41) is 4.98. The summed E-state index contributed by atoms with van der Waals surface area (Å²) in [7, 11) is 0. The quantitative estimate of drug-likeness (QED) is 0.171. The molecule has 0 N–H and O–H groups in total. The molecule has 0 saturated carbocycles. The van der Waals surface area contributed by atoms with Crippen LogP contribution in [0.2, 0.25) is 0 Å². The van der Waals surface area contributed by atoms with Gasteiger partial charge in [-0.2, -0.15) is 0 Å². The number of aromatic nitrogens is 5. The first kappa shape index (κ1) is 32.2. The van der Waals surface area contributed by atoms with Crippen molar-refractivity contribution < 1.29 is 0 Å². The normalized spacial score (nSPS) is 11.6. The molecule has 56 heavy (non-hydrogen) atoms. The molecule has 0 fully saturated rings. The third-order valence-electron chi connectivity index (χ3n) is 10.5. The van der Waals surface area contributed by atoms with Gasteiger partial charge < -0.3 is 4.57 Å². The summed E-state index contributed by atoms with van der Waals surface area (Å²) in [4.78, 5) is 21.2. The van der Waals surface area contributed by atoms with Crippen LogP contribution < -0.4 is 0 Å². The fourth-order valence-electron chi connectivity index (χ4n) is 7.79. The number of hydrogen-bond acceptors (Lipinski definition) is 5. The highest BCUT2D eigenvalue weighted by molar-refractivity contribution is 7.26. The molecule has 0 aliphatic carbocycles. The highest BCUT2D eigenvalue weighted by Gasteiger charge is 2.22. The summed E-state index contributed by atoms with van der Waals surface area (Å²) in [6.45, 7) is 0. The lowest BCUT2D eigenvalue weighted by Gasteiger charge is -2.10. The number of para-hydroxylation sites is 3. The van der Waals surface area contributed by atoms with Crippen molar-refractivity contribution in [2.75, 3.05) is 0 Å². The zero-order valence-corrected chi connectivity index (χ0v) is 30.9. The number of nitrogens with zero attached hydrogens (tertiary/aromatic N) is 5.